The number of rotatable bonds is 8. The van der Waals surface area contributed by atoms with Gasteiger partial charge in [-0.25, -0.2) is 9.38 Å². The Labute approximate surface area is 165 Å². The molecule has 150 valence electrons. The number of carbonyl (C=O) groups is 1. The van der Waals surface area contributed by atoms with Crippen LogP contribution in [0.3, 0.4) is 0 Å². The molecule has 0 fully saturated rings. The number of methoxy groups -OCH3 is 1. The molecule has 1 amide bonds. The first-order valence-corrected chi connectivity index (χ1v) is 9.15. The molecule has 2 rings (SSSR count). The lowest BCUT2D eigenvalue weighted by Gasteiger charge is -2.22. The normalized spacial score (nSPS) is 11.1. The summed E-state index contributed by atoms with van der Waals surface area (Å²) in [6, 6.07) is 13.8. The predicted octanol–water partition coefficient (Wildman–Crippen LogP) is 2.55. The number of ether oxygens (including phenoxy) is 1. The van der Waals surface area contributed by atoms with Crippen molar-refractivity contribution in [3.63, 3.8) is 0 Å². The second-order valence-corrected chi connectivity index (χ2v) is 6.28. The van der Waals surface area contributed by atoms with Crippen molar-refractivity contribution in [3.8, 4) is 5.75 Å². The molecule has 6 nitrogen and oxygen atoms in total. The molecule has 2 aromatic carbocycles. The maximum absolute atomic E-state index is 13.0. The Kier molecular flexibility index (Phi) is 8.27. The number of hydrogen-bond donors (Lipinski definition) is 2. The summed E-state index contributed by atoms with van der Waals surface area (Å²) in [5.41, 5.74) is 1.94. The minimum absolute atomic E-state index is 0.0201. The third-order valence-electron chi connectivity index (χ3n) is 4.05. The Morgan fingerprint density at radius 1 is 1.07 bits per heavy atom. The van der Waals surface area contributed by atoms with Gasteiger partial charge in [-0.15, -0.1) is 0 Å². The van der Waals surface area contributed by atoms with Crippen molar-refractivity contribution in [1.29, 1.82) is 0 Å². The SMILES string of the molecule is CCNC(=NCC(=O)NCc1ccc(OC)cc1)N(C)Cc1ccc(F)cc1. The van der Waals surface area contributed by atoms with Crippen LogP contribution in [0.2, 0.25) is 0 Å². The largest absolute Gasteiger partial charge is 0.497 e. The molecule has 0 atom stereocenters. The summed E-state index contributed by atoms with van der Waals surface area (Å²) < 4.78 is 18.2. The maximum atomic E-state index is 13.0. The van der Waals surface area contributed by atoms with E-state index in [4.69, 9.17) is 4.74 Å². The van der Waals surface area contributed by atoms with Gasteiger partial charge in [-0.05, 0) is 42.3 Å². The van der Waals surface area contributed by atoms with Crippen LogP contribution in [0.15, 0.2) is 53.5 Å². The highest BCUT2D eigenvalue weighted by Crippen LogP contribution is 2.11. The van der Waals surface area contributed by atoms with Crippen molar-refractivity contribution in [2.24, 2.45) is 4.99 Å². The topological polar surface area (TPSA) is 66.0 Å². The number of carbonyl (C=O) groups excluding carboxylic acids is 1. The first-order valence-electron chi connectivity index (χ1n) is 9.15. The van der Waals surface area contributed by atoms with Gasteiger partial charge in [0.2, 0.25) is 5.91 Å². The van der Waals surface area contributed by atoms with Crippen molar-refractivity contribution in [2.45, 2.75) is 20.0 Å². The molecule has 0 unspecified atom stereocenters. The third-order valence-corrected chi connectivity index (χ3v) is 4.05. The van der Waals surface area contributed by atoms with E-state index < -0.39 is 0 Å². The van der Waals surface area contributed by atoms with E-state index in [-0.39, 0.29) is 18.3 Å². The molecule has 0 aromatic heterocycles. The molecule has 0 saturated heterocycles. The van der Waals surface area contributed by atoms with Gasteiger partial charge in [0.1, 0.15) is 18.1 Å². The number of guanidine groups is 1. The number of benzene rings is 2. The Balaban J connectivity index is 1.88. The number of aliphatic imine (C=N–C) groups is 1. The lowest BCUT2D eigenvalue weighted by Crippen LogP contribution is -2.39. The first kappa shape index (κ1) is 21.2. The van der Waals surface area contributed by atoms with Crippen molar-refractivity contribution in [2.75, 3.05) is 27.2 Å². The Morgan fingerprint density at radius 2 is 1.71 bits per heavy atom. The second kappa shape index (κ2) is 10.9. The minimum Gasteiger partial charge on any atom is -0.497 e. The van der Waals surface area contributed by atoms with Gasteiger partial charge in [-0.1, -0.05) is 24.3 Å². The molecule has 0 spiro atoms. The predicted molar refractivity (Wildman–Crippen MR) is 109 cm³/mol. The van der Waals surface area contributed by atoms with Crippen LogP contribution >= 0.6 is 0 Å². The Hall–Kier alpha value is -3.09. The maximum Gasteiger partial charge on any atom is 0.242 e. The van der Waals surface area contributed by atoms with Crippen LogP contribution in [0.5, 0.6) is 5.75 Å². The van der Waals surface area contributed by atoms with E-state index in [2.05, 4.69) is 15.6 Å². The zero-order valence-corrected chi connectivity index (χ0v) is 16.5. The van der Waals surface area contributed by atoms with Gasteiger partial charge in [0, 0.05) is 26.7 Å². The van der Waals surface area contributed by atoms with E-state index in [9.17, 15) is 9.18 Å². The van der Waals surface area contributed by atoms with Gasteiger partial charge >= 0.3 is 0 Å². The number of amides is 1. The van der Waals surface area contributed by atoms with Crippen LogP contribution in [0.25, 0.3) is 0 Å². The fourth-order valence-corrected chi connectivity index (χ4v) is 2.55. The molecule has 0 aliphatic heterocycles. The molecule has 28 heavy (non-hydrogen) atoms. The molecule has 0 aliphatic rings. The molecule has 0 aliphatic carbocycles. The van der Waals surface area contributed by atoms with E-state index in [1.54, 1.807) is 19.2 Å². The van der Waals surface area contributed by atoms with Gasteiger partial charge in [0.15, 0.2) is 5.96 Å². The molecule has 0 saturated carbocycles. The van der Waals surface area contributed by atoms with Gasteiger partial charge < -0.3 is 20.3 Å². The van der Waals surface area contributed by atoms with E-state index in [0.29, 0.717) is 25.6 Å². The summed E-state index contributed by atoms with van der Waals surface area (Å²) in [5.74, 6) is 0.965. The standard InChI is InChI=1S/C21H27FN4O2/c1-4-23-21(26(2)15-17-5-9-18(22)10-6-17)25-14-20(27)24-13-16-7-11-19(28-3)12-8-16/h5-12H,4,13-15H2,1-3H3,(H,23,25)(H,24,27). The van der Waals surface area contributed by atoms with Crippen LogP contribution in [-0.2, 0) is 17.9 Å². The highest BCUT2D eigenvalue weighted by molar-refractivity contribution is 5.84. The van der Waals surface area contributed by atoms with Crippen molar-refractivity contribution in [1.82, 2.24) is 15.5 Å². The summed E-state index contributed by atoms with van der Waals surface area (Å²) in [4.78, 5) is 18.4. The van der Waals surface area contributed by atoms with E-state index >= 15 is 0 Å². The first-order chi connectivity index (χ1) is 13.5. The molecule has 0 radical (unpaired) electrons. The zero-order chi connectivity index (χ0) is 20.4. The molecular weight excluding hydrogens is 359 g/mol. The average Bonchev–Trinajstić information content (AvgIpc) is 2.71. The molecular formula is C21H27FN4O2. The van der Waals surface area contributed by atoms with Crippen molar-refractivity contribution < 1.29 is 13.9 Å². The van der Waals surface area contributed by atoms with E-state index in [0.717, 1.165) is 16.9 Å². The summed E-state index contributed by atoms with van der Waals surface area (Å²) in [6.45, 7) is 3.65. The fraction of sp³-hybridized carbons (Fsp3) is 0.333. The molecule has 7 heteroatoms. The highest BCUT2D eigenvalue weighted by atomic mass is 19.1. The van der Waals surface area contributed by atoms with Crippen LogP contribution in [0.4, 0.5) is 4.39 Å². The summed E-state index contributed by atoms with van der Waals surface area (Å²) >= 11 is 0. The van der Waals surface area contributed by atoms with Gasteiger partial charge in [0.05, 0.1) is 7.11 Å². The van der Waals surface area contributed by atoms with Crippen LogP contribution in [0.1, 0.15) is 18.1 Å². The van der Waals surface area contributed by atoms with E-state index in [1.807, 2.05) is 43.1 Å². The Bertz CT molecular complexity index is 776. The smallest absolute Gasteiger partial charge is 0.242 e. The average molecular weight is 386 g/mol. The number of nitrogens with one attached hydrogen (secondary N) is 2. The highest BCUT2D eigenvalue weighted by Gasteiger charge is 2.08. The molecule has 2 N–H and O–H groups in total. The summed E-state index contributed by atoms with van der Waals surface area (Å²) in [5, 5.41) is 6.02. The summed E-state index contributed by atoms with van der Waals surface area (Å²) in [6.07, 6.45) is 0. The molecule has 0 heterocycles. The van der Waals surface area contributed by atoms with Crippen LogP contribution < -0.4 is 15.4 Å². The minimum atomic E-state index is -0.263. The third kappa shape index (κ3) is 6.90. The quantitative estimate of drug-likeness (QED) is 0.541. The lowest BCUT2D eigenvalue weighted by atomic mass is 10.2. The van der Waals surface area contributed by atoms with E-state index in [1.165, 1.54) is 12.1 Å². The van der Waals surface area contributed by atoms with Crippen molar-refractivity contribution in [3.05, 3.63) is 65.5 Å². The molecule has 0 bridgehead atoms. The van der Waals surface area contributed by atoms with Gasteiger partial charge in [-0.2, -0.15) is 0 Å². The monoisotopic (exact) mass is 386 g/mol. The number of hydrogen-bond acceptors (Lipinski definition) is 3. The number of nitrogens with zero attached hydrogens (tertiary/aromatic N) is 2. The van der Waals surface area contributed by atoms with Crippen LogP contribution in [-0.4, -0.2) is 44.0 Å². The summed E-state index contributed by atoms with van der Waals surface area (Å²) in [7, 11) is 3.49. The number of halogens is 1. The van der Waals surface area contributed by atoms with Gasteiger partial charge in [0.25, 0.3) is 0 Å². The second-order valence-electron chi connectivity index (χ2n) is 6.28. The fourth-order valence-electron chi connectivity index (χ4n) is 2.55. The van der Waals surface area contributed by atoms with Crippen molar-refractivity contribution >= 4 is 11.9 Å². The zero-order valence-electron chi connectivity index (χ0n) is 16.5. The molecule has 2 aromatic rings. The van der Waals surface area contributed by atoms with Gasteiger partial charge in [-0.3, -0.25) is 4.79 Å². The van der Waals surface area contributed by atoms with Crippen LogP contribution in [0, 0.1) is 5.82 Å². The Morgan fingerprint density at radius 3 is 2.32 bits per heavy atom. The lowest BCUT2D eigenvalue weighted by molar-refractivity contribution is -0.119.